The number of nitriles is 1. The number of nitrogens with one attached hydrogen (secondary N) is 1. The summed E-state index contributed by atoms with van der Waals surface area (Å²) in [4.78, 5) is 12.3. The van der Waals surface area contributed by atoms with E-state index in [-0.39, 0.29) is 23.4 Å². The first-order valence-corrected chi connectivity index (χ1v) is 9.63. The smallest absolute Gasteiger partial charge is 0.338 e. The second-order valence-electron chi connectivity index (χ2n) is 5.40. The Morgan fingerprint density at radius 3 is 2.69 bits per heavy atom. The van der Waals surface area contributed by atoms with Gasteiger partial charge in [-0.2, -0.15) is 5.26 Å². The summed E-state index contributed by atoms with van der Waals surface area (Å²) < 4.78 is 32.0. The van der Waals surface area contributed by atoms with Gasteiger partial charge >= 0.3 is 5.97 Å². The number of halogens is 1. The van der Waals surface area contributed by atoms with Crippen molar-refractivity contribution in [2.45, 2.75) is 24.3 Å². The first-order chi connectivity index (χ1) is 12.3. The minimum absolute atomic E-state index is 0.00293. The Morgan fingerprint density at radius 1 is 1.27 bits per heavy atom. The fourth-order valence-electron chi connectivity index (χ4n) is 2.21. The molecule has 0 amide bonds. The molecule has 0 fully saturated rings. The standard InChI is InChI=1S/C18H17ClN2O4S/c1-13(16-8-2-3-9-17(16)19)25-18(22)14-6-4-7-15(12-14)26(23,24)21-11-5-10-20/h2-4,6-9,12-13,21H,5,11H2,1H3/t13-/m1/s1. The average Bonchev–Trinajstić information content (AvgIpc) is 2.62. The first kappa shape index (κ1) is 19.9. The number of hydrogen-bond acceptors (Lipinski definition) is 5. The molecular formula is C18H17ClN2O4S. The number of sulfonamides is 1. The van der Waals surface area contributed by atoms with E-state index in [0.717, 1.165) is 0 Å². The van der Waals surface area contributed by atoms with Crippen molar-refractivity contribution in [3.63, 3.8) is 0 Å². The summed E-state index contributed by atoms with van der Waals surface area (Å²) in [6.45, 7) is 1.68. The molecule has 8 heteroatoms. The molecule has 0 unspecified atom stereocenters. The van der Waals surface area contributed by atoms with Gasteiger partial charge in [0.25, 0.3) is 0 Å². The van der Waals surface area contributed by atoms with Crippen LogP contribution in [0.3, 0.4) is 0 Å². The van der Waals surface area contributed by atoms with E-state index in [1.807, 2.05) is 6.07 Å². The maximum Gasteiger partial charge on any atom is 0.338 e. The van der Waals surface area contributed by atoms with Crippen molar-refractivity contribution in [2.24, 2.45) is 0 Å². The quantitative estimate of drug-likeness (QED) is 0.575. The molecule has 136 valence electrons. The number of esters is 1. The van der Waals surface area contributed by atoms with Gasteiger partial charge in [0.05, 0.1) is 16.5 Å². The molecule has 2 aromatic carbocycles. The molecule has 0 bridgehead atoms. The Bertz CT molecular complexity index is 938. The number of hydrogen-bond donors (Lipinski definition) is 1. The predicted octanol–water partition coefficient (Wildman–Crippen LogP) is 3.45. The number of rotatable bonds is 7. The van der Waals surface area contributed by atoms with Gasteiger partial charge in [-0.3, -0.25) is 0 Å². The molecule has 0 heterocycles. The van der Waals surface area contributed by atoms with Gasteiger partial charge in [0.15, 0.2) is 0 Å². The van der Waals surface area contributed by atoms with Gasteiger partial charge in [-0.05, 0) is 31.2 Å². The average molecular weight is 393 g/mol. The molecule has 0 aliphatic rings. The van der Waals surface area contributed by atoms with Crippen molar-refractivity contribution in [2.75, 3.05) is 6.54 Å². The van der Waals surface area contributed by atoms with Crippen LogP contribution >= 0.6 is 11.6 Å². The first-order valence-electron chi connectivity index (χ1n) is 7.77. The van der Waals surface area contributed by atoms with Crippen LogP contribution < -0.4 is 4.72 Å². The molecule has 0 aliphatic carbocycles. The Labute approximate surface area is 157 Å². The third-order valence-electron chi connectivity index (χ3n) is 3.54. The van der Waals surface area contributed by atoms with Crippen molar-refractivity contribution < 1.29 is 17.9 Å². The zero-order chi connectivity index (χ0) is 19.2. The molecule has 1 atom stereocenters. The van der Waals surface area contributed by atoms with Gasteiger partial charge in [0.1, 0.15) is 6.10 Å². The number of carbonyl (C=O) groups is 1. The highest BCUT2D eigenvalue weighted by Crippen LogP contribution is 2.26. The molecule has 0 saturated heterocycles. The SMILES string of the molecule is C[C@@H](OC(=O)c1cccc(S(=O)(=O)NCCC#N)c1)c1ccccc1Cl. The van der Waals surface area contributed by atoms with Gasteiger partial charge in [-0.1, -0.05) is 35.9 Å². The molecule has 2 aromatic rings. The van der Waals surface area contributed by atoms with E-state index in [9.17, 15) is 13.2 Å². The zero-order valence-corrected chi connectivity index (χ0v) is 15.5. The second-order valence-corrected chi connectivity index (χ2v) is 7.58. The van der Waals surface area contributed by atoms with Crippen LogP contribution in [0, 0.1) is 11.3 Å². The lowest BCUT2D eigenvalue weighted by Gasteiger charge is -2.15. The third kappa shape index (κ3) is 5.05. The third-order valence-corrected chi connectivity index (χ3v) is 5.34. The minimum Gasteiger partial charge on any atom is -0.454 e. The molecule has 0 aliphatic heterocycles. The maximum absolute atomic E-state index is 12.4. The molecule has 2 rings (SSSR count). The van der Waals surface area contributed by atoms with Gasteiger partial charge in [0, 0.05) is 23.6 Å². The van der Waals surface area contributed by atoms with Crippen LogP contribution in [0.1, 0.15) is 35.4 Å². The molecule has 1 N–H and O–H groups in total. The Morgan fingerprint density at radius 2 is 2.00 bits per heavy atom. The van der Waals surface area contributed by atoms with Gasteiger partial charge < -0.3 is 4.74 Å². The summed E-state index contributed by atoms with van der Waals surface area (Å²) in [6.07, 6.45) is -0.540. The summed E-state index contributed by atoms with van der Waals surface area (Å²) in [6, 6.07) is 14.4. The maximum atomic E-state index is 12.4. The fraction of sp³-hybridized carbons (Fsp3) is 0.222. The number of benzene rings is 2. The zero-order valence-electron chi connectivity index (χ0n) is 14.0. The van der Waals surface area contributed by atoms with Crippen LogP contribution in [0.2, 0.25) is 5.02 Å². The monoisotopic (exact) mass is 392 g/mol. The highest BCUT2D eigenvalue weighted by molar-refractivity contribution is 7.89. The van der Waals surface area contributed by atoms with Crippen molar-refractivity contribution in [3.05, 3.63) is 64.7 Å². The largest absolute Gasteiger partial charge is 0.454 e. The van der Waals surface area contributed by atoms with E-state index in [2.05, 4.69) is 4.72 Å². The predicted molar refractivity (Wildman–Crippen MR) is 97.1 cm³/mol. The van der Waals surface area contributed by atoms with E-state index in [4.69, 9.17) is 21.6 Å². The fourth-order valence-corrected chi connectivity index (χ4v) is 3.58. The van der Waals surface area contributed by atoms with Gasteiger partial charge in [-0.25, -0.2) is 17.9 Å². The van der Waals surface area contributed by atoms with Crippen molar-refractivity contribution in [3.8, 4) is 6.07 Å². The summed E-state index contributed by atoms with van der Waals surface area (Å²) >= 11 is 6.09. The van der Waals surface area contributed by atoms with Crippen LogP contribution in [0.15, 0.2) is 53.4 Å². The summed E-state index contributed by atoms with van der Waals surface area (Å²) in [5, 5.41) is 8.97. The van der Waals surface area contributed by atoms with Gasteiger partial charge in [-0.15, -0.1) is 0 Å². The molecule has 6 nitrogen and oxygen atoms in total. The summed E-state index contributed by atoms with van der Waals surface area (Å²) in [7, 11) is -3.81. The number of carbonyl (C=O) groups excluding carboxylic acids is 1. The summed E-state index contributed by atoms with van der Waals surface area (Å²) in [5.41, 5.74) is 0.761. The molecule has 0 radical (unpaired) electrons. The molecule has 26 heavy (non-hydrogen) atoms. The normalized spacial score (nSPS) is 12.2. The lowest BCUT2D eigenvalue weighted by Crippen LogP contribution is -2.24. The van der Waals surface area contributed by atoms with E-state index < -0.39 is 22.1 Å². The summed E-state index contributed by atoms with van der Waals surface area (Å²) in [5.74, 6) is -0.661. The Hall–Kier alpha value is -2.40. The van der Waals surface area contributed by atoms with Gasteiger partial charge in [0.2, 0.25) is 10.0 Å². The topological polar surface area (TPSA) is 96.3 Å². The van der Waals surface area contributed by atoms with Crippen LogP contribution in [0.25, 0.3) is 0 Å². The molecule has 0 aromatic heterocycles. The van der Waals surface area contributed by atoms with E-state index in [0.29, 0.717) is 10.6 Å². The molecule has 0 saturated carbocycles. The van der Waals surface area contributed by atoms with Crippen molar-refractivity contribution in [1.82, 2.24) is 4.72 Å². The second kappa shape index (κ2) is 8.81. The molecular weight excluding hydrogens is 376 g/mol. The lowest BCUT2D eigenvalue weighted by molar-refractivity contribution is 0.0338. The van der Waals surface area contributed by atoms with E-state index >= 15 is 0 Å². The van der Waals surface area contributed by atoms with Crippen molar-refractivity contribution >= 4 is 27.6 Å². The van der Waals surface area contributed by atoms with E-state index in [1.165, 1.54) is 24.3 Å². The number of ether oxygens (including phenoxy) is 1. The lowest BCUT2D eigenvalue weighted by atomic mass is 10.1. The Kier molecular flexibility index (Phi) is 6.75. The van der Waals surface area contributed by atoms with E-state index in [1.54, 1.807) is 31.2 Å². The number of nitrogens with zero attached hydrogens (tertiary/aromatic N) is 1. The van der Waals surface area contributed by atoms with Crippen LogP contribution in [-0.4, -0.2) is 20.9 Å². The van der Waals surface area contributed by atoms with Crippen LogP contribution in [0.5, 0.6) is 0 Å². The highest BCUT2D eigenvalue weighted by Gasteiger charge is 2.19. The van der Waals surface area contributed by atoms with Crippen LogP contribution in [-0.2, 0) is 14.8 Å². The highest BCUT2D eigenvalue weighted by atomic mass is 35.5. The molecule has 0 spiro atoms. The minimum atomic E-state index is -3.81. The van der Waals surface area contributed by atoms with Crippen molar-refractivity contribution in [1.29, 1.82) is 5.26 Å². The van der Waals surface area contributed by atoms with Crippen LogP contribution in [0.4, 0.5) is 0 Å². The Balaban J connectivity index is 2.15.